The van der Waals surface area contributed by atoms with E-state index >= 15 is 0 Å². The van der Waals surface area contributed by atoms with Crippen molar-refractivity contribution < 1.29 is 23.8 Å². The van der Waals surface area contributed by atoms with Gasteiger partial charge in [-0.05, 0) is 64.2 Å². The standard InChI is InChI=1S/C23H23BrFNO4/c24-19-11-8-17(25)14-21(19)30-18-9-5-16(6-10-18)13-20(23(28)29)26-22(27)12-7-15-3-1-2-4-15/h5-6,8-11,13-15H,1-4,7,12H2,(H,26,27)(H,28,29)/b20-13+. The molecule has 0 heterocycles. The van der Waals surface area contributed by atoms with Gasteiger partial charge in [0, 0.05) is 12.5 Å². The Balaban J connectivity index is 1.63. The van der Waals surface area contributed by atoms with Gasteiger partial charge in [0.15, 0.2) is 0 Å². The Morgan fingerprint density at radius 2 is 1.87 bits per heavy atom. The van der Waals surface area contributed by atoms with E-state index < -0.39 is 11.8 Å². The highest BCUT2D eigenvalue weighted by Gasteiger charge is 2.17. The van der Waals surface area contributed by atoms with Crippen LogP contribution in [0, 0.1) is 11.7 Å². The van der Waals surface area contributed by atoms with Crippen LogP contribution in [-0.4, -0.2) is 17.0 Å². The smallest absolute Gasteiger partial charge is 0.352 e. The van der Waals surface area contributed by atoms with Gasteiger partial charge in [-0.1, -0.05) is 37.8 Å². The molecule has 0 aromatic heterocycles. The third-order valence-electron chi connectivity index (χ3n) is 5.07. The lowest BCUT2D eigenvalue weighted by atomic mass is 10.0. The highest BCUT2D eigenvalue weighted by Crippen LogP contribution is 2.31. The maximum atomic E-state index is 13.4. The monoisotopic (exact) mass is 475 g/mol. The first-order chi connectivity index (χ1) is 14.4. The van der Waals surface area contributed by atoms with Crippen molar-refractivity contribution in [2.45, 2.75) is 38.5 Å². The largest absolute Gasteiger partial charge is 0.477 e. The van der Waals surface area contributed by atoms with Gasteiger partial charge in [-0.15, -0.1) is 0 Å². The zero-order chi connectivity index (χ0) is 21.5. The quantitative estimate of drug-likeness (QED) is 0.466. The van der Waals surface area contributed by atoms with E-state index in [2.05, 4.69) is 21.2 Å². The van der Waals surface area contributed by atoms with Crippen molar-refractivity contribution in [1.82, 2.24) is 5.32 Å². The first-order valence-corrected chi connectivity index (χ1v) is 10.7. The molecule has 0 atom stereocenters. The van der Waals surface area contributed by atoms with Crippen LogP contribution in [0.2, 0.25) is 0 Å². The lowest BCUT2D eigenvalue weighted by molar-refractivity contribution is -0.134. The molecule has 1 saturated carbocycles. The number of carboxylic acid groups (broad SMARTS) is 1. The second-order valence-corrected chi connectivity index (χ2v) is 8.20. The van der Waals surface area contributed by atoms with Crippen molar-refractivity contribution in [3.05, 3.63) is 64.0 Å². The molecule has 5 nitrogen and oxygen atoms in total. The van der Waals surface area contributed by atoms with E-state index in [9.17, 15) is 19.1 Å². The number of carbonyl (C=O) groups excluding carboxylic acids is 1. The number of benzene rings is 2. The van der Waals surface area contributed by atoms with Crippen molar-refractivity contribution in [2.75, 3.05) is 0 Å². The Morgan fingerprint density at radius 1 is 1.17 bits per heavy atom. The van der Waals surface area contributed by atoms with Crippen molar-refractivity contribution in [1.29, 1.82) is 0 Å². The van der Waals surface area contributed by atoms with Crippen molar-refractivity contribution in [3.8, 4) is 11.5 Å². The summed E-state index contributed by atoms with van der Waals surface area (Å²) in [6.07, 6.45) is 7.23. The Hall–Kier alpha value is -2.67. The maximum absolute atomic E-state index is 13.4. The number of hydrogen-bond acceptors (Lipinski definition) is 3. The van der Waals surface area contributed by atoms with Crippen molar-refractivity contribution >= 4 is 33.9 Å². The highest BCUT2D eigenvalue weighted by atomic mass is 79.9. The average molecular weight is 476 g/mol. The summed E-state index contributed by atoms with van der Waals surface area (Å²) in [6, 6.07) is 10.7. The van der Waals surface area contributed by atoms with Crippen LogP contribution in [0.25, 0.3) is 6.08 Å². The summed E-state index contributed by atoms with van der Waals surface area (Å²) < 4.78 is 19.6. The maximum Gasteiger partial charge on any atom is 0.352 e. The van der Waals surface area contributed by atoms with Gasteiger partial charge in [-0.3, -0.25) is 4.79 Å². The fraction of sp³-hybridized carbons (Fsp3) is 0.304. The highest BCUT2D eigenvalue weighted by molar-refractivity contribution is 9.10. The fourth-order valence-electron chi connectivity index (χ4n) is 3.48. The minimum Gasteiger partial charge on any atom is -0.477 e. The minimum atomic E-state index is -1.20. The first-order valence-electron chi connectivity index (χ1n) is 9.88. The van der Waals surface area contributed by atoms with E-state index in [1.165, 1.54) is 31.1 Å². The molecule has 7 heteroatoms. The summed E-state index contributed by atoms with van der Waals surface area (Å²) in [5.74, 6) is -0.532. The molecule has 0 saturated heterocycles. The van der Waals surface area contributed by atoms with E-state index in [-0.39, 0.29) is 11.6 Å². The van der Waals surface area contributed by atoms with Crippen molar-refractivity contribution in [2.24, 2.45) is 5.92 Å². The Kier molecular flexibility index (Phi) is 7.63. The van der Waals surface area contributed by atoms with Gasteiger partial charge in [0.1, 0.15) is 23.0 Å². The summed E-state index contributed by atoms with van der Waals surface area (Å²) >= 11 is 3.30. The molecule has 0 radical (unpaired) electrons. The van der Waals surface area contributed by atoms with Crippen LogP contribution >= 0.6 is 15.9 Å². The summed E-state index contributed by atoms with van der Waals surface area (Å²) in [6.45, 7) is 0. The van der Waals surface area contributed by atoms with Crippen LogP contribution in [0.1, 0.15) is 44.1 Å². The van der Waals surface area contributed by atoms with Crippen LogP contribution in [0.5, 0.6) is 11.5 Å². The van der Waals surface area contributed by atoms with Gasteiger partial charge in [-0.2, -0.15) is 0 Å². The fourth-order valence-corrected chi connectivity index (χ4v) is 3.81. The normalized spacial score (nSPS) is 14.5. The summed E-state index contributed by atoms with van der Waals surface area (Å²) in [7, 11) is 0. The van der Waals surface area contributed by atoms with E-state index in [1.54, 1.807) is 30.3 Å². The van der Waals surface area contributed by atoms with Gasteiger partial charge >= 0.3 is 5.97 Å². The molecule has 3 rings (SSSR count). The lowest BCUT2D eigenvalue weighted by Gasteiger charge is -2.10. The molecule has 2 aromatic rings. The van der Waals surface area contributed by atoms with Gasteiger partial charge in [0.05, 0.1) is 4.47 Å². The molecule has 158 valence electrons. The zero-order valence-electron chi connectivity index (χ0n) is 16.4. The Bertz CT molecular complexity index is 937. The summed E-state index contributed by atoms with van der Waals surface area (Å²) in [5.41, 5.74) is 0.419. The average Bonchev–Trinajstić information content (AvgIpc) is 3.24. The predicted molar refractivity (Wildman–Crippen MR) is 116 cm³/mol. The lowest BCUT2D eigenvalue weighted by Crippen LogP contribution is -2.27. The SMILES string of the molecule is O=C(CCC1CCCC1)N/C(=C/c1ccc(Oc2cc(F)ccc2Br)cc1)C(=O)O. The first kappa shape index (κ1) is 22.0. The molecule has 1 fully saturated rings. The Morgan fingerprint density at radius 3 is 2.53 bits per heavy atom. The topological polar surface area (TPSA) is 75.6 Å². The third kappa shape index (κ3) is 6.42. The minimum absolute atomic E-state index is 0.173. The van der Waals surface area contributed by atoms with E-state index in [1.807, 2.05) is 0 Å². The van der Waals surface area contributed by atoms with E-state index in [0.717, 1.165) is 19.3 Å². The van der Waals surface area contributed by atoms with Crippen LogP contribution in [0.3, 0.4) is 0 Å². The zero-order valence-corrected chi connectivity index (χ0v) is 18.0. The number of nitrogens with one attached hydrogen (secondary N) is 1. The van der Waals surface area contributed by atoms with Crippen LogP contribution < -0.4 is 10.1 Å². The molecule has 30 heavy (non-hydrogen) atoms. The van der Waals surface area contributed by atoms with Crippen molar-refractivity contribution in [3.63, 3.8) is 0 Å². The molecular formula is C23H23BrFNO4. The number of amides is 1. The molecule has 0 unspecified atom stereocenters. The number of carbonyl (C=O) groups is 2. The second-order valence-electron chi connectivity index (χ2n) is 7.35. The number of aliphatic carboxylic acids is 1. The molecule has 2 N–H and O–H groups in total. The number of ether oxygens (including phenoxy) is 1. The molecule has 1 amide bonds. The third-order valence-corrected chi connectivity index (χ3v) is 5.73. The van der Waals surface area contributed by atoms with E-state index in [4.69, 9.17) is 4.74 Å². The molecular weight excluding hydrogens is 453 g/mol. The number of hydrogen-bond donors (Lipinski definition) is 2. The Labute approximate surface area is 183 Å². The van der Waals surface area contributed by atoms with Gasteiger partial charge in [0.2, 0.25) is 5.91 Å². The second kappa shape index (κ2) is 10.4. The molecule has 0 spiro atoms. The van der Waals surface area contributed by atoms with E-state index in [0.29, 0.717) is 33.9 Å². The molecule has 2 aromatic carbocycles. The van der Waals surface area contributed by atoms with Crippen LogP contribution in [-0.2, 0) is 9.59 Å². The number of halogens is 2. The van der Waals surface area contributed by atoms with Crippen LogP contribution in [0.4, 0.5) is 4.39 Å². The van der Waals surface area contributed by atoms with Crippen LogP contribution in [0.15, 0.2) is 52.6 Å². The van der Waals surface area contributed by atoms with Gasteiger partial charge in [-0.25, -0.2) is 9.18 Å². The molecule has 1 aliphatic carbocycles. The van der Waals surface area contributed by atoms with Gasteiger partial charge < -0.3 is 15.2 Å². The number of carboxylic acids is 1. The molecule has 0 aliphatic heterocycles. The number of rotatable bonds is 8. The van der Waals surface area contributed by atoms with Gasteiger partial charge in [0.25, 0.3) is 0 Å². The summed E-state index contributed by atoms with van der Waals surface area (Å²) in [5, 5.41) is 11.9. The molecule has 0 bridgehead atoms. The predicted octanol–water partition coefficient (Wildman–Crippen LogP) is 5.89. The summed E-state index contributed by atoms with van der Waals surface area (Å²) in [4.78, 5) is 23.7. The molecule has 1 aliphatic rings.